The van der Waals surface area contributed by atoms with Gasteiger partial charge in [0.2, 0.25) is 11.9 Å². The first-order valence-electron chi connectivity index (χ1n) is 10.7. The molecule has 2 heterocycles. The second-order valence-electron chi connectivity index (χ2n) is 7.51. The molecule has 3 aromatic rings. The van der Waals surface area contributed by atoms with E-state index in [-0.39, 0.29) is 13.4 Å². The van der Waals surface area contributed by atoms with Crippen LogP contribution in [-0.4, -0.2) is 58.1 Å². The van der Waals surface area contributed by atoms with Gasteiger partial charge in [0.05, 0.1) is 11.6 Å². The Kier molecular flexibility index (Phi) is 8.48. The lowest BCUT2D eigenvalue weighted by Crippen LogP contribution is -2.16. The van der Waals surface area contributed by atoms with E-state index in [0.29, 0.717) is 35.1 Å². The van der Waals surface area contributed by atoms with Crippen LogP contribution >= 0.6 is 27.7 Å². The Morgan fingerprint density at radius 3 is 2.91 bits per heavy atom. The first-order valence-corrected chi connectivity index (χ1v) is 12.5. The third-order valence-electron chi connectivity index (χ3n) is 5.10. The molecule has 12 heteroatoms. The van der Waals surface area contributed by atoms with Crippen LogP contribution in [0.1, 0.15) is 23.7 Å². The van der Waals surface area contributed by atoms with Gasteiger partial charge in [-0.1, -0.05) is 17.8 Å². The monoisotopic (exact) mass is 551 g/mol. The lowest BCUT2D eigenvalue weighted by Gasteiger charge is -2.17. The quantitative estimate of drug-likeness (QED) is 0.257. The SMILES string of the molecule is COc1cc(CNCCCSc2nnnn2C)cc(Br)c1OCC(O)c1ccc2c(c1)OCO2. The molecule has 0 saturated heterocycles. The first kappa shape index (κ1) is 24.6. The molecule has 182 valence electrons. The van der Waals surface area contributed by atoms with Crippen molar-refractivity contribution in [3.05, 3.63) is 45.9 Å². The van der Waals surface area contributed by atoms with Gasteiger partial charge in [-0.25, -0.2) is 4.68 Å². The summed E-state index contributed by atoms with van der Waals surface area (Å²) in [4.78, 5) is 0. The number of benzene rings is 2. The van der Waals surface area contributed by atoms with Crippen molar-refractivity contribution >= 4 is 27.7 Å². The highest BCUT2D eigenvalue weighted by atomic mass is 79.9. The molecular formula is C22H26BrN5O5S. The van der Waals surface area contributed by atoms with Gasteiger partial charge in [-0.2, -0.15) is 0 Å². The Bertz CT molecular complexity index is 1120. The molecule has 0 bridgehead atoms. The lowest BCUT2D eigenvalue weighted by molar-refractivity contribution is 0.105. The number of aliphatic hydroxyl groups excluding tert-OH is 1. The Balaban J connectivity index is 1.27. The summed E-state index contributed by atoms with van der Waals surface area (Å²) in [5.41, 5.74) is 1.74. The third kappa shape index (κ3) is 6.12. The molecule has 0 aliphatic carbocycles. The van der Waals surface area contributed by atoms with Gasteiger partial charge in [0.15, 0.2) is 23.0 Å². The van der Waals surface area contributed by atoms with Crippen LogP contribution in [0.3, 0.4) is 0 Å². The van der Waals surface area contributed by atoms with Crippen LogP contribution in [0.25, 0.3) is 0 Å². The highest BCUT2D eigenvalue weighted by Crippen LogP contribution is 2.38. The molecule has 34 heavy (non-hydrogen) atoms. The van der Waals surface area contributed by atoms with Crippen LogP contribution < -0.4 is 24.3 Å². The molecule has 0 fully saturated rings. The van der Waals surface area contributed by atoms with E-state index in [1.165, 1.54) is 0 Å². The van der Waals surface area contributed by atoms with Crippen LogP contribution in [0.15, 0.2) is 40.0 Å². The fourth-order valence-electron chi connectivity index (χ4n) is 3.33. The number of rotatable bonds is 12. The van der Waals surface area contributed by atoms with E-state index in [1.54, 1.807) is 41.8 Å². The minimum atomic E-state index is -0.831. The third-order valence-corrected chi connectivity index (χ3v) is 6.78. The number of tetrazole rings is 1. The molecule has 1 aliphatic rings. The number of aliphatic hydroxyl groups is 1. The highest BCUT2D eigenvalue weighted by molar-refractivity contribution is 9.10. The molecule has 2 aromatic carbocycles. The van der Waals surface area contributed by atoms with Crippen molar-refractivity contribution in [3.63, 3.8) is 0 Å². The summed E-state index contributed by atoms with van der Waals surface area (Å²) in [6.45, 7) is 1.80. The van der Waals surface area contributed by atoms with Crippen molar-refractivity contribution in [1.82, 2.24) is 25.5 Å². The van der Waals surface area contributed by atoms with Gasteiger partial charge in [0, 0.05) is 19.3 Å². The van der Waals surface area contributed by atoms with Gasteiger partial charge in [-0.05, 0) is 74.7 Å². The van der Waals surface area contributed by atoms with Gasteiger partial charge in [0.1, 0.15) is 12.7 Å². The van der Waals surface area contributed by atoms with Crippen molar-refractivity contribution in [2.24, 2.45) is 7.05 Å². The summed E-state index contributed by atoms with van der Waals surface area (Å²) in [6.07, 6.45) is 0.150. The van der Waals surface area contributed by atoms with Gasteiger partial charge >= 0.3 is 0 Å². The number of fused-ring (bicyclic) bond motifs is 1. The van der Waals surface area contributed by atoms with Crippen LogP contribution in [0.2, 0.25) is 0 Å². The molecular weight excluding hydrogens is 526 g/mol. The summed E-state index contributed by atoms with van der Waals surface area (Å²) in [5.74, 6) is 3.35. The Morgan fingerprint density at radius 2 is 2.12 bits per heavy atom. The smallest absolute Gasteiger partial charge is 0.231 e. The predicted octanol–water partition coefficient (Wildman–Crippen LogP) is 3.09. The Labute approximate surface area is 210 Å². The number of nitrogens with one attached hydrogen (secondary N) is 1. The van der Waals surface area contributed by atoms with E-state index in [2.05, 4.69) is 36.8 Å². The fourth-order valence-corrected chi connectivity index (χ4v) is 4.72. The van der Waals surface area contributed by atoms with Gasteiger partial charge in [-0.3, -0.25) is 0 Å². The maximum absolute atomic E-state index is 10.6. The van der Waals surface area contributed by atoms with Crippen molar-refractivity contribution in [1.29, 1.82) is 0 Å². The number of aryl methyl sites for hydroxylation is 1. The zero-order valence-corrected chi connectivity index (χ0v) is 21.3. The topological polar surface area (TPSA) is 113 Å². The summed E-state index contributed by atoms with van der Waals surface area (Å²) in [6, 6.07) is 9.26. The van der Waals surface area contributed by atoms with Crippen LogP contribution in [0.4, 0.5) is 0 Å². The second-order valence-corrected chi connectivity index (χ2v) is 9.43. The van der Waals surface area contributed by atoms with Crippen LogP contribution in [-0.2, 0) is 13.6 Å². The number of nitrogens with zero attached hydrogens (tertiary/aromatic N) is 4. The van der Waals surface area contributed by atoms with E-state index in [1.807, 2.05) is 19.2 Å². The summed E-state index contributed by atoms with van der Waals surface area (Å²) < 4.78 is 24.6. The molecule has 1 atom stereocenters. The normalized spacial score (nSPS) is 13.2. The molecule has 0 radical (unpaired) electrons. The summed E-state index contributed by atoms with van der Waals surface area (Å²) in [5, 5.41) is 26.3. The fraction of sp³-hybridized carbons (Fsp3) is 0.409. The maximum Gasteiger partial charge on any atom is 0.231 e. The molecule has 0 amide bonds. The zero-order chi connectivity index (χ0) is 23.9. The molecule has 10 nitrogen and oxygen atoms in total. The number of thioether (sulfide) groups is 1. The molecule has 4 rings (SSSR count). The number of hydrogen-bond acceptors (Lipinski definition) is 10. The molecule has 1 aromatic heterocycles. The predicted molar refractivity (Wildman–Crippen MR) is 130 cm³/mol. The van der Waals surface area contributed by atoms with Gasteiger partial charge < -0.3 is 29.4 Å². The molecule has 0 spiro atoms. The van der Waals surface area contributed by atoms with E-state index in [4.69, 9.17) is 18.9 Å². The second kappa shape index (κ2) is 11.7. The van der Waals surface area contributed by atoms with Gasteiger partial charge in [-0.15, -0.1) is 5.10 Å². The van der Waals surface area contributed by atoms with Crippen LogP contribution in [0.5, 0.6) is 23.0 Å². The van der Waals surface area contributed by atoms with Crippen LogP contribution in [0, 0.1) is 0 Å². The minimum Gasteiger partial charge on any atom is -0.493 e. The zero-order valence-electron chi connectivity index (χ0n) is 18.9. The highest BCUT2D eigenvalue weighted by Gasteiger charge is 2.19. The molecule has 1 unspecified atom stereocenters. The number of methoxy groups -OCH3 is 1. The minimum absolute atomic E-state index is 0.0604. The van der Waals surface area contributed by atoms with E-state index < -0.39 is 6.10 Å². The Hall–Kier alpha value is -2.54. The average molecular weight is 552 g/mol. The number of ether oxygens (including phenoxy) is 4. The van der Waals surface area contributed by atoms with Crippen molar-refractivity contribution in [2.45, 2.75) is 24.2 Å². The summed E-state index contributed by atoms with van der Waals surface area (Å²) >= 11 is 5.20. The van der Waals surface area contributed by atoms with Crippen molar-refractivity contribution in [2.75, 3.05) is 32.8 Å². The van der Waals surface area contributed by atoms with Crippen molar-refractivity contribution < 1.29 is 24.1 Å². The lowest BCUT2D eigenvalue weighted by atomic mass is 10.1. The molecule has 2 N–H and O–H groups in total. The standard InChI is InChI=1S/C22H26BrN5O5S/c1-28-22(25-26-27-28)34-7-3-6-24-11-14-8-16(23)21(20(9-14)30-2)31-12-17(29)15-4-5-18-19(10-15)33-13-32-18/h4-5,8-10,17,24,29H,3,6-7,11-13H2,1-2H3. The largest absolute Gasteiger partial charge is 0.493 e. The summed E-state index contributed by atoms with van der Waals surface area (Å²) in [7, 11) is 3.43. The number of aromatic nitrogens is 4. The Morgan fingerprint density at radius 1 is 1.26 bits per heavy atom. The van der Waals surface area contributed by atoms with E-state index in [9.17, 15) is 5.11 Å². The molecule has 1 aliphatic heterocycles. The number of halogens is 1. The average Bonchev–Trinajstić information content (AvgIpc) is 3.48. The van der Waals surface area contributed by atoms with E-state index >= 15 is 0 Å². The molecule has 0 saturated carbocycles. The first-order chi connectivity index (χ1) is 16.5. The van der Waals surface area contributed by atoms with Gasteiger partial charge in [0.25, 0.3) is 0 Å². The van der Waals surface area contributed by atoms with E-state index in [0.717, 1.165) is 33.9 Å². The van der Waals surface area contributed by atoms with Crippen molar-refractivity contribution in [3.8, 4) is 23.0 Å². The number of hydrogen-bond donors (Lipinski definition) is 2. The maximum atomic E-state index is 10.6.